The van der Waals surface area contributed by atoms with Gasteiger partial charge in [-0.2, -0.15) is 0 Å². The lowest BCUT2D eigenvalue weighted by Crippen LogP contribution is -2.34. The molecule has 0 aliphatic carbocycles. The van der Waals surface area contributed by atoms with Crippen molar-refractivity contribution in [3.63, 3.8) is 0 Å². The standard InChI is InChI=1S/C21H22N2O3/c1-14(16-8-6-5-7-9-16)13-23-15(2)12-22-18-11-20(26-4)19(25-3)10-17(18)21(23)24/h5-13,15H,1-4H3/b14-13+/t15-/m0/s1. The molecule has 0 saturated carbocycles. The number of carbonyl (C=O) groups excluding carboxylic acids is 1. The summed E-state index contributed by atoms with van der Waals surface area (Å²) >= 11 is 0. The molecule has 0 aromatic heterocycles. The number of benzene rings is 2. The maximum absolute atomic E-state index is 13.2. The number of carbonyl (C=O) groups is 1. The van der Waals surface area contributed by atoms with Crippen LogP contribution in [0, 0.1) is 0 Å². The molecule has 2 aromatic rings. The van der Waals surface area contributed by atoms with Crippen LogP contribution in [0.15, 0.2) is 53.7 Å². The third-order valence-electron chi connectivity index (χ3n) is 4.40. The summed E-state index contributed by atoms with van der Waals surface area (Å²) in [5, 5.41) is 0. The first kappa shape index (κ1) is 17.7. The molecule has 5 nitrogen and oxygen atoms in total. The molecule has 0 spiro atoms. The number of ether oxygens (including phenoxy) is 2. The van der Waals surface area contributed by atoms with Crippen molar-refractivity contribution in [1.82, 2.24) is 4.90 Å². The number of hydrogen-bond acceptors (Lipinski definition) is 4. The second kappa shape index (κ2) is 7.44. The Hall–Kier alpha value is -3.08. The fourth-order valence-electron chi connectivity index (χ4n) is 2.89. The molecule has 5 heteroatoms. The van der Waals surface area contributed by atoms with Gasteiger partial charge in [-0.1, -0.05) is 30.3 Å². The molecule has 1 aliphatic rings. The van der Waals surface area contributed by atoms with Crippen molar-refractivity contribution in [2.75, 3.05) is 14.2 Å². The zero-order valence-electron chi connectivity index (χ0n) is 15.4. The number of methoxy groups -OCH3 is 2. The molecule has 1 heterocycles. The topological polar surface area (TPSA) is 51.1 Å². The van der Waals surface area contributed by atoms with Crippen LogP contribution in [0.25, 0.3) is 5.57 Å². The summed E-state index contributed by atoms with van der Waals surface area (Å²) in [6.07, 6.45) is 3.64. The fourth-order valence-corrected chi connectivity index (χ4v) is 2.89. The van der Waals surface area contributed by atoms with Gasteiger partial charge in [0.25, 0.3) is 5.91 Å². The summed E-state index contributed by atoms with van der Waals surface area (Å²) in [4.78, 5) is 19.4. The summed E-state index contributed by atoms with van der Waals surface area (Å²) in [7, 11) is 3.11. The van der Waals surface area contributed by atoms with Gasteiger partial charge in [0.1, 0.15) is 0 Å². The highest BCUT2D eigenvalue weighted by atomic mass is 16.5. The molecule has 1 atom stereocenters. The van der Waals surface area contributed by atoms with E-state index < -0.39 is 0 Å². The molecule has 0 unspecified atom stereocenters. The molecule has 134 valence electrons. The first-order valence-corrected chi connectivity index (χ1v) is 8.42. The zero-order chi connectivity index (χ0) is 18.7. The van der Waals surface area contributed by atoms with Crippen LogP contribution in [-0.2, 0) is 0 Å². The molecule has 3 rings (SSSR count). The predicted octanol–water partition coefficient (Wildman–Crippen LogP) is 4.31. The lowest BCUT2D eigenvalue weighted by molar-refractivity contribution is 0.0812. The van der Waals surface area contributed by atoms with E-state index in [1.807, 2.05) is 50.4 Å². The van der Waals surface area contributed by atoms with Gasteiger partial charge in [0, 0.05) is 18.5 Å². The number of aliphatic imine (C=N–C) groups is 1. The quantitative estimate of drug-likeness (QED) is 0.825. The van der Waals surface area contributed by atoms with E-state index in [0.717, 1.165) is 11.1 Å². The smallest absolute Gasteiger partial charge is 0.260 e. The average Bonchev–Trinajstić information content (AvgIpc) is 2.79. The average molecular weight is 350 g/mol. The van der Waals surface area contributed by atoms with E-state index in [9.17, 15) is 4.79 Å². The molecule has 1 aliphatic heterocycles. The van der Waals surface area contributed by atoms with E-state index in [0.29, 0.717) is 22.7 Å². The molecular formula is C21H22N2O3. The Kier molecular flexibility index (Phi) is 5.07. The third kappa shape index (κ3) is 3.33. The van der Waals surface area contributed by atoms with Gasteiger partial charge in [-0.15, -0.1) is 0 Å². The summed E-state index contributed by atoms with van der Waals surface area (Å²) in [5.41, 5.74) is 3.14. The molecule has 0 bridgehead atoms. The van der Waals surface area contributed by atoms with E-state index in [-0.39, 0.29) is 11.9 Å². The molecule has 0 N–H and O–H groups in total. The number of nitrogens with zero attached hydrogens (tertiary/aromatic N) is 2. The van der Waals surface area contributed by atoms with Crippen molar-refractivity contribution in [2.45, 2.75) is 19.9 Å². The van der Waals surface area contributed by atoms with E-state index in [1.54, 1.807) is 37.5 Å². The van der Waals surface area contributed by atoms with Gasteiger partial charge in [-0.25, -0.2) is 0 Å². The Bertz CT molecular complexity index is 872. The summed E-state index contributed by atoms with van der Waals surface area (Å²) in [6, 6.07) is 13.2. The number of fused-ring (bicyclic) bond motifs is 1. The summed E-state index contributed by atoms with van der Waals surface area (Å²) in [5.74, 6) is 0.933. The van der Waals surface area contributed by atoms with Crippen molar-refractivity contribution in [3.8, 4) is 11.5 Å². The number of rotatable bonds is 4. The highest BCUT2D eigenvalue weighted by molar-refractivity contribution is 6.04. The first-order chi connectivity index (χ1) is 12.5. The van der Waals surface area contributed by atoms with Crippen LogP contribution in [0.2, 0.25) is 0 Å². The predicted molar refractivity (Wildman–Crippen MR) is 103 cm³/mol. The molecule has 2 aromatic carbocycles. The van der Waals surface area contributed by atoms with Crippen LogP contribution < -0.4 is 9.47 Å². The minimum absolute atomic E-state index is 0.124. The molecule has 1 amide bonds. The Labute approximate surface area is 153 Å². The van der Waals surface area contributed by atoms with E-state index in [4.69, 9.17) is 9.47 Å². The normalized spacial score (nSPS) is 16.9. The van der Waals surface area contributed by atoms with Gasteiger partial charge in [0.05, 0.1) is 31.5 Å². The lowest BCUT2D eigenvalue weighted by atomic mass is 10.1. The van der Waals surface area contributed by atoms with Crippen molar-refractivity contribution in [3.05, 3.63) is 59.8 Å². The minimum atomic E-state index is -0.175. The third-order valence-corrected chi connectivity index (χ3v) is 4.40. The second-order valence-corrected chi connectivity index (χ2v) is 6.13. The van der Waals surface area contributed by atoms with Crippen molar-refractivity contribution >= 4 is 23.4 Å². The maximum Gasteiger partial charge on any atom is 0.260 e. The lowest BCUT2D eigenvalue weighted by Gasteiger charge is -2.23. The van der Waals surface area contributed by atoms with E-state index in [1.165, 1.54) is 0 Å². The Morgan fingerprint density at radius 1 is 1.12 bits per heavy atom. The number of hydrogen-bond donors (Lipinski definition) is 0. The maximum atomic E-state index is 13.2. The van der Waals surface area contributed by atoms with Crippen molar-refractivity contribution in [1.29, 1.82) is 0 Å². The van der Waals surface area contributed by atoms with E-state index >= 15 is 0 Å². The SMILES string of the molecule is COc1cc2c(cc1OC)C(=O)N(/C=C(\C)c1ccccc1)[C@@H](C)C=N2. The van der Waals surface area contributed by atoms with Gasteiger partial charge in [-0.3, -0.25) is 9.79 Å². The Morgan fingerprint density at radius 3 is 2.42 bits per heavy atom. The largest absolute Gasteiger partial charge is 0.493 e. The fraction of sp³-hybridized carbons (Fsp3) is 0.238. The summed E-state index contributed by atoms with van der Waals surface area (Å²) < 4.78 is 10.7. The van der Waals surface area contributed by atoms with Gasteiger partial charge >= 0.3 is 0 Å². The van der Waals surface area contributed by atoms with Crippen LogP contribution in [0.5, 0.6) is 11.5 Å². The monoisotopic (exact) mass is 350 g/mol. The van der Waals surface area contributed by atoms with Gasteiger partial charge < -0.3 is 14.4 Å². The molecule has 26 heavy (non-hydrogen) atoms. The van der Waals surface area contributed by atoms with Crippen LogP contribution in [-0.4, -0.2) is 37.3 Å². The van der Waals surface area contributed by atoms with Crippen LogP contribution in [0.4, 0.5) is 5.69 Å². The molecular weight excluding hydrogens is 328 g/mol. The second-order valence-electron chi connectivity index (χ2n) is 6.13. The van der Waals surface area contributed by atoms with E-state index in [2.05, 4.69) is 4.99 Å². The zero-order valence-corrected chi connectivity index (χ0v) is 15.4. The van der Waals surface area contributed by atoms with Gasteiger partial charge in [0.15, 0.2) is 11.5 Å². The Balaban J connectivity index is 2.04. The minimum Gasteiger partial charge on any atom is -0.493 e. The van der Waals surface area contributed by atoms with Crippen molar-refractivity contribution < 1.29 is 14.3 Å². The number of allylic oxidation sites excluding steroid dienone is 1. The summed E-state index contributed by atoms with van der Waals surface area (Å²) in [6.45, 7) is 3.93. The van der Waals surface area contributed by atoms with Gasteiger partial charge in [-0.05, 0) is 31.1 Å². The highest BCUT2D eigenvalue weighted by Crippen LogP contribution is 2.36. The molecule has 0 radical (unpaired) electrons. The number of amides is 1. The van der Waals surface area contributed by atoms with Gasteiger partial charge in [0.2, 0.25) is 0 Å². The van der Waals surface area contributed by atoms with Crippen molar-refractivity contribution in [2.24, 2.45) is 4.99 Å². The molecule has 0 fully saturated rings. The van der Waals surface area contributed by atoms with Crippen LogP contribution in [0.3, 0.4) is 0 Å². The molecule has 0 saturated heterocycles. The van der Waals surface area contributed by atoms with Crippen LogP contribution in [0.1, 0.15) is 29.8 Å². The highest BCUT2D eigenvalue weighted by Gasteiger charge is 2.26. The first-order valence-electron chi connectivity index (χ1n) is 8.42. The Morgan fingerprint density at radius 2 is 1.77 bits per heavy atom. The van der Waals surface area contributed by atoms with Crippen LogP contribution >= 0.6 is 0 Å².